The Kier molecular flexibility index (Phi) is 5.44. The maximum Gasteiger partial charge on any atom is 0.222 e. The molecule has 0 amide bonds. The second-order valence-electron chi connectivity index (χ2n) is 7.15. The lowest BCUT2D eigenvalue weighted by molar-refractivity contribution is 0.207. The SMILES string of the molecule is C[C@@H](CCN1CCn2nc(CNc3ncccn3)cc2C1)c1ccccc1. The molecule has 0 radical (unpaired) electrons. The molecule has 3 heterocycles. The van der Waals surface area contributed by atoms with Crippen molar-refractivity contribution in [3.05, 3.63) is 71.8 Å². The summed E-state index contributed by atoms with van der Waals surface area (Å²) >= 11 is 0. The smallest absolute Gasteiger partial charge is 0.222 e. The summed E-state index contributed by atoms with van der Waals surface area (Å²) in [5, 5.41) is 7.94. The van der Waals surface area contributed by atoms with Gasteiger partial charge in [0, 0.05) is 25.5 Å². The highest BCUT2D eigenvalue weighted by molar-refractivity contribution is 5.25. The van der Waals surface area contributed by atoms with E-state index in [9.17, 15) is 0 Å². The van der Waals surface area contributed by atoms with Gasteiger partial charge in [-0.05, 0) is 36.6 Å². The van der Waals surface area contributed by atoms with E-state index in [0.29, 0.717) is 18.4 Å². The number of hydrogen-bond donors (Lipinski definition) is 1. The molecule has 2 aromatic heterocycles. The van der Waals surface area contributed by atoms with Gasteiger partial charge < -0.3 is 5.32 Å². The number of nitrogens with one attached hydrogen (secondary N) is 1. The molecule has 0 spiro atoms. The molecule has 0 bridgehead atoms. The van der Waals surface area contributed by atoms with Crippen LogP contribution in [0, 0.1) is 0 Å². The van der Waals surface area contributed by atoms with E-state index in [1.807, 2.05) is 6.07 Å². The molecule has 1 aliphatic rings. The first-order valence-electron chi connectivity index (χ1n) is 9.62. The molecule has 0 fully saturated rings. The van der Waals surface area contributed by atoms with Crippen LogP contribution in [0.4, 0.5) is 5.95 Å². The van der Waals surface area contributed by atoms with E-state index in [-0.39, 0.29) is 0 Å². The summed E-state index contributed by atoms with van der Waals surface area (Å²) in [6.45, 7) is 7.07. The highest BCUT2D eigenvalue weighted by atomic mass is 15.3. The van der Waals surface area contributed by atoms with Crippen LogP contribution in [0.5, 0.6) is 0 Å². The summed E-state index contributed by atoms with van der Waals surface area (Å²) in [6.07, 6.45) is 4.65. The zero-order valence-electron chi connectivity index (χ0n) is 15.8. The average Bonchev–Trinajstić information content (AvgIpc) is 3.14. The molecule has 0 saturated carbocycles. The van der Waals surface area contributed by atoms with E-state index in [2.05, 4.69) is 68.2 Å². The topological polar surface area (TPSA) is 58.9 Å². The normalized spacial score (nSPS) is 15.3. The van der Waals surface area contributed by atoms with Crippen LogP contribution in [0.15, 0.2) is 54.9 Å². The predicted octanol–water partition coefficient (Wildman–Crippen LogP) is 3.29. The van der Waals surface area contributed by atoms with Gasteiger partial charge in [0.1, 0.15) is 0 Å². The van der Waals surface area contributed by atoms with E-state index in [1.54, 1.807) is 12.4 Å². The Labute approximate surface area is 160 Å². The summed E-state index contributed by atoms with van der Waals surface area (Å²) in [6, 6.07) is 14.8. The van der Waals surface area contributed by atoms with Gasteiger partial charge in [0.2, 0.25) is 5.95 Å². The van der Waals surface area contributed by atoms with Crippen LogP contribution >= 0.6 is 0 Å². The molecule has 4 rings (SSSR count). The molecule has 6 heteroatoms. The Morgan fingerprint density at radius 2 is 1.89 bits per heavy atom. The monoisotopic (exact) mass is 362 g/mol. The maximum atomic E-state index is 4.72. The van der Waals surface area contributed by atoms with Gasteiger partial charge in [0.05, 0.1) is 24.5 Å². The fraction of sp³-hybridized carbons (Fsp3) is 0.381. The van der Waals surface area contributed by atoms with Crippen molar-refractivity contribution in [1.29, 1.82) is 0 Å². The molecule has 0 aliphatic carbocycles. The van der Waals surface area contributed by atoms with E-state index in [0.717, 1.165) is 31.9 Å². The Morgan fingerprint density at radius 1 is 1.07 bits per heavy atom. The van der Waals surface area contributed by atoms with Crippen LogP contribution in [-0.4, -0.2) is 37.7 Å². The van der Waals surface area contributed by atoms with Crippen LogP contribution in [-0.2, 0) is 19.6 Å². The Bertz CT molecular complexity index is 846. The average molecular weight is 362 g/mol. The highest BCUT2D eigenvalue weighted by Gasteiger charge is 2.19. The molecule has 1 atom stereocenters. The Hall–Kier alpha value is -2.73. The van der Waals surface area contributed by atoms with Crippen molar-refractivity contribution in [2.45, 2.75) is 38.9 Å². The lowest BCUT2D eigenvalue weighted by Gasteiger charge is -2.28. The molecule has 140 valence electrons. The summed E-state index contributed by atoms with van der Waals surface area (Å²) < 4.78 is 2.14. The number of nitrogens with zero attached hydrogens (tertiary/aromatic N) is 5. The molecular formula is C21H26N6. The predicted molar refractivity (Wildman–Crippen MR) is 106 cm³/mol. The molecule has 1 aromatic carbocycles. The van der Waals surface area contributed by atoms with E-state index in [4.69, 9.17) is 5.10 Å². The van der Waals surface area contributed by atoms with Gasteiger partial charge >= 0.3 is 0 Å². The van der Waals surface area contributed by atoms with Gasteiger partial charge in [-0.3, -0.25) is 9.58 Å². The van der Waals surface area contributed by atoms with Crippen LogP contribution in [0.3, 0.4) is 0 Å². The minimum absolute atomic E-state index is 0.587. The molecule has 0 unspecified atom stereocenters. The van der Waals surface area contributed by atoms with E-state index < -0.39 is 0 Å². The molecule has 27 heavy (non-hydrogen) atoms. The lowest BCUT2D eigenvalue weighted by atomic mass is 9.97. The van der Waals surface area contributed by atoms with Gasteiger partial charge in [0.25, 0.3) is 0 Å². The van der Waals surface area contributed by atoms with E-state index >= 15 is 0 Å². The third kappa shape index (κ3) is 4.52. The summed E-state index contributed by atoms with van der Waals surface area (Å²) in [4.78, 5) is 10.9. The second-order valence-corrected chi connectivity index (χ2v) is 7.15. The number of aromatic nitrogens is 4. The maximum absolute atomic E-state index is 4.72. The summed E-state index contributed by atoms with van der Waals surface area (Å²) in [5.41, 5.74) is 3.76. The highest BCUT2D eigenvalue weighted by Crippen LogP contribution is 2.21. The van der Waals surface area contributed by atoms with Crippen molar-refractivity contribution < 1.29 is 0 Å². The number of hydrogen-bond acceptors (Lipinski definition) is 5. The fourth-order valence-electron chi connectivity index (χ4n) is 3.54. The number of rotatable bonds is 7. The third-order valence-corrected chi connectivity index (χ3v) is 5.17. The largest absolute Gasteiger partial charge is 0.348 e. The molecular weight excluding hydrogens is 336 g/mol. The van der Waals surface area contributed by atoms with Crippen molar-refractivity contribution in [2.24, 2.45) is 0 Å². The van der Waals surface area contributed by atoms with Gasteiger partial charge in [-0.2, -0.15) is 5.10 Å². The van der Waals surface area contributed by atoms with Crippen molar-refractivity contribution in [3.8, 4) is 0 Å². The van der Waals surface area contributed by atoms with Crippen molar-refractivity contribution in [3.63, 3.8) is 0 Å². The Balaban J connectivity index is 1.30. The van der Waals surface area contributed by atoms with Gasteiger partial charge in [-0.1, -0.05) is 37.3 Å². The molecule has 6 nitrogen and oxygen atoms in total. The fourth-order valence-corrected chi connectivity index (χ4v) is 3.54. The Morgan fingerprint density at radius 3 is 2.70 bits per heavy atom. The summed E-state index contributed by atoms with van der Waals surface area (Å²) in [7, 11) is 0. The molecule has 1 aliphatic heterocycles. The minimum atomic E-state index is 0.587. The molecule has 1 N–H and O–H groups in total. The first-order valence-corrected chi connectivity index (χ1v) is 9.62. The summed E-state index contributed by atoms with van der Waals surface area (Å²) in [5.74, 6) is 1.23. The zero-order chi connectivity index (χ0) is 18.5. The number of fused-ring (bicyclic) bond motifs is 1. The van der Waals surface area contributed by atoms with Crippen LogP contribution in [0.1, 0.15) is 36.2 Å². The first kappa shape index (κ1) is 17.7. The van der Waals surface area contributed by atoms with Crippen LogP contribution in [0.2, 0.25) is 0 Å². The second kappa shape index (κ2) is 8.31. The molecule has 3 aromatic rings. The standard InChI is InChI=1S/C21H26N6/c1-17(18-6-3-2-4-7-18)8-11-26-12-13-27-20(16-26)14-19(25-27)15-24-21-22-9-5-10-23-21/h2-7,9-10,14,17H,8,11-13,15-16H2,1H3,(H,22,23,24)/t17-/m0/s1. The van der Waals surface area contributed by atoms with Crippen molar-refractivity contribution in [1.82, 2.24) is 24.6 Å². The van der Waals surface area contributed by atoms with Gasteiger partial charge in [-0.15, -0.1) is 0 Å². The van der Waals surface area contributed by atoms with E-state index in [1.165, 1.54) is 17.7 Å². The van der Waals surface area contributed by atoms with Crippen molar-refractivity contribution in [2.75, 3.05) is 18.4 Å². The number of benzene rings is 1. The van der Waals surface area contributed by atoms with Gasteiger partial charge in [0.15, 0.2) is 0 Å². The minimum Gasteiger partial charge on any atom is -0.348 e. The first-order chi connectivity index (χ1) is 13.3. The van der Waals surface area contributed by atoms with Crippen LogP contribution in [0.25, 0.3) is 0 Å². The quantitative estimate of drug-likeness (QED) is 0.699. The lowest BCUT2D eigenvalue weighted by Crippen LogP contribution is -2.34. The van der Waals surface area contributed by atoms with Crippen LogP contribution < -0.4 is 5.32 Å². The molecule has 0 saturated heterocycles. The third-order valence-electron chi connectivity index (χ3n) is 5.17. The number of anilines is 1. The van der Waals surface area contributed by atoms with Gasteiger partial charge in [-0.25, -0.2) is 9.97 Å². The van der Waals surface area contributed by atoms with Crippen molar-refractivity contribution >= 4 is 5.95 Å². The zero-order valence-corrected chi connectivity index (χ0v) is 15.8.